The van der Waals surface area contributed by atoms with Crippen LogP contribution < -0.4 is 0 Å². The van der Waals surface area contributed by atoms with Crippen LogP contribution in [0.4, 0.5) is 0 Å². The van der Waals surface area contributed by atoms with Gasteiger partial charge in [0.05, 0.1) is 12.7 Å². The minimum atomic E-state index is -0.476. The summed E-state index contributed by atoms with van der Waals surface area (Å²) in [5.41, 5.74) is 0.282. The lowest BCUT2D eigenvalue weighted by Crippen LogP contribution is -2.15. The number of nitrogens with zero attached hydrogens (tertiary/aromatic N) is 1. The molecule has 0 aromatic heterocycles. The number of aliphatic hydroxyl groups is 1. The maximum absolute atomic E-state index is 10.9. The van der Waals surface area contributed by atoms with Gasteiger partial charge in [-0.05, 0) is 21.0 Å². The van der Waals surface area contributed by atoms with Gasteiger partial charge in [-0.25, -0.2) is 4.79 Å². The fourth-order valence-electron chi connectivity index (χ4n) is 0.788. The zero-order chi connectivity index (χ0) is 10.4. The molecule has 0 amide bonds. The maximum Gasteiger partial charge on any atom is 0.336 e. The molecule has 76 valence electrons. The Morgan fingerprint density at radius 3 is 2.38 bits per heavy atom. The van der Waals surface area contributed by atoms with E-state index in [0.29, 0.717) is 13.0 Å². The molecule has 4 nitrogen and oxygen atoms in total. The van der Waals surface area contributed by atoms with Crippen molar-refractivity contribution in [3.8, 4) is 0 Å². The molecule has 0 heterocycles. The summed E-state index contributed by atoms with van der Waals surface area (Å²) in [6.45, 7) is 2.26. The standard InChI is InChI=1S/C9H17NO3/c1-7(9(12)13-4)8(11)5-6-10(2)3/h11H,5-6H2,1-4H3. The summed E-state index contributed by atoms with van der Waals surface area (Å²) in [4.78, 5) is 12.9. The molecule has 0 atom stereocenters. The third kappa shape index (κ3) is 4.52. The SMILES string of the molecule is COC(=O)C(C)=C(O)CCN(C)C. The Bertz CT molecular complexity index is 209. The van der Waals surface area contributed by atoms with Crippen LogP contribution in [0, 0.1) is 0 Å². The first kappa shape index (κ1) is 12.0. The summed E-state index contributed by atoms with van der Waals surface area (Å²) >= 11 is 0. The second-order valence-corrected chi connectivity index (χ2v) is 3.12. The zero-order valence-electron chi connectivity index (χ0n) is 8.63. The smallest absolute Gasteiger partial charge is 0.336 e. The van der Waals surface area contributed by atoms with Gasteiger partial charge in [0.25, 0.3) is 0 Å². The van der Waals surface area contributed by atoms with E-state index in [4.69, 9.17) is 0 Å². The molecule has 0 bridgehead atoms. The second-order valence-electron chi connectivity index (χ2n) is 3.12. The summed E-state index contributed by atoms with van der Waals surface area (Å²) in [7, 11) is 5.10. The van der Waals surface area contributed by atoms with Crippen molar-refractivity contribution in [2.24, 2.45) is 0 Å². The van der Waals surface area contributed by atoms with Crippen LogP contribution in [-0.2, 0) is 9.53 Å². The molecule has 0 fully saturated rings. The van der Waals surface area contributed by atoms with Crippen LogP contribution in [0.5, 0.6) is 0 Å². The minimum Gasteiger partial charge on any atom is -0.512 e. The quantitative estimate of drug-likeness (QED) is 0.404. The Kier molecular flexibility index (Phi) is 5.14. The van der Waals surface area contributed by atoms with Crippen molar-refractivity contribution in [1.29, 1.82) is 0 Å². The van der Waals surface area contributed by atoms with E-state index in [1.165, 1.54) is 7.11 Å². The van der Waals surface area contributed by atoms with Gasteiger partial charge in [-0.1, -0.05) is 0 Å². The highest BCUT2D eigenvalue weighted by atomic mass is 16.5. The van der Waals surface area contributed by atoms with E-state index in [-0.39, 0.29) is 11.3 Å². The number of hydrogen-bond donors (Lipinski definition) is 1. The van der Waals surface area contributed by atoms with Crippen molar-refractivity contribution in [3.63, 3.8) is 0 Å². The van der Waals surface area contributed by atoms with Crippen molar-refractivity contribution in [2.75, 3.05) is 27.7 Å². The third-order valence-electron chi connectivity index (χ3n) is 1.72. The zero-order valence-corrected chi connectivity index (χ0v) is 8.63. The maximum atomic E-state index is 10.9. The first-order chi connectivity index (χ1) is 5.99. The molecule has 0 aliphatic rings. The number of rotatable bonds is 4. The highest BCUT2D eigenvalue weighted by Crippen LogP contribution is 2.06. The Labute approximate surface area is 78.8 Å². The molecule has 0 saturated heterocycles. The fourth-order valence-corrected chi connectivity index (χ4v) is 0.788. The van der Waals surface area contributed by atoms with Crippen molar-refractivity contribution >= 4 is 5.97 Å². The number of methoxy groups -OCH3 is 1. The van der Waals surface area contributed by atoms with E-state index < -0.39 is 5.97 Å². The van der Waals surface area contributed by atoms with Crippen LogP contribution in [0.25, 0.3) is 0 Å². The molecule has 13 heavy (non-hydrogen) atoms. The second kappa shape index (κ2) is 5.59. The molecular weight excluding hydrogens is 170 g/mol. The molecule has 0 aliphatic heterocycles. The Balaban J connectivity index is 4.19. The highest BCUT2D eigenvalue weighted by molar-refractivity contribution is 5.88. The van der Waals surface area contributed by atoms with Gasteiger partial charge in [0.2, 0.25) is 0 Å². The third-order valence-corrected chi connectivity index (χ3v) is 1.72. The molecule has 0 aromatic rings. The van der Waals surface area contributed by atoms with Gasteiger partial charge in [0.1, 0.15) is 5.76 Å². The first-order valence-corrected chi connectivity index (χ1v) is 4.10. The van der Waals surface area contributed by atoms with Gasteiger partial charge in [-0.2, -0.15) is 0 Å². The summed E-state index contributed by atoms with van der Waals surface area (Å²) in [5, 5.41) is 9.42. The number of esters is 1. The Hall–Kier alpha value is -1.03. The first-order valence-electron chi connectivity index (χ1n) is 4.10. The van der Waals surface area contributed by atoms with Gasteiger partial charge in [-0.15, -0.1) is 0 Å². The predicted octanol–water partition coefficient (Wildman–Crippen LogP) is 0.943. The summed E-state index contributed by atoms with van der Waals surface area (Å²) in [6, 6.07) is 0. The van der Waals surface area contributed by atoms with E-state index >= 15 is 0 Å². The van der Waals surface area contributed by atoms with E-state index in [1.54, 1.807) is 6.92 Å². The molecule has 0 unspecified atom stereocenters. The van der Waals surface area contributed by atoms with Crippen LogP contribution in [0.1, 0.15) is 13.3 Å². The van der Waals surface area contributed by atoms with E-state index in [2.05, 4.69) is 4.74 Å². The largest absolute Gasteiger partial charge is 0.512 e. The minimum absolute atomic E-state index is 0.0977. The molecule has 0 rings (SSSR count). The Morgan fingerprint density at radius 2 is 2.00 bits per heavy atom. The van der Waals surface area contributed by atoms with Crippen molar-refractivity contribution in [1.82, 2.24) is 4.90 Å². The summed E-state index contributed by atoms with van der Waals surface area (Å²) < 4.78 is 4.47. The molecule has 0 aromatic carbocycles. The van der Waals surface area contributed by atoms with Gasteiger partial charge in [0.15, 0.2) is 0 Å². The number of ether oxygens (including phenoxy) is 1. The molecule has 1 N–H and O–H groups in total. The van der Waals surface area contributed by atoms with Crippen LogP contribution >= 0.6 is 0 Å². The lowest BCUT2D eigenvalue weighted by Gasteiger charge is -2.09. The van der Waals surface area contributed by atoms with Crippen LogP contribution in [-0.4, -0.2) is 43.7 Å². The monoisotopic (exact) mass is 187 g/mol. The molecular formula is C9H17NO3. The summed E-state index contributed by atoms with van der Waals surface area (Å²) in [5.74, 6) is -0.378. The lowest BCUT2D eigenvalue weighted by atomic mass is 10.2. The van der Waals surface area contributed by atoms with E-state index in [9.17, 15) is 9.90 Å². The highest BCUT2D eigenvalue weighted by Gasteiger charge is 2.09. The number of carbonyl (C=O) groups is 1. The number of carbonyl (C=O) groups excluding carboxylic acids is 1. The van der Waals surface area contributed by atoms with Crippen molar-refractivity contribution in [2.45, 2.75) is 13.3 Å². The fraction of sp³-hybridized carbons (Fsp3) is 0.667. The van der Waals surface area contributed by atoms with Gasteiger partial charge in [-0.3, -0.25) is 0 Å². The Morgan fingerprint density at radius 1 is 1.46 bits per heavy atom. The molecule has 0 aliphatic carbocycles. The van der Waals surface area contributed by atoms with Gasteiger partial charge < -0.3 is 14.7 Å². The summed E-state index contributed by atoms with van der Waals surface area (Å²) in [6.07, 6.45) is 0.466. The molecule has 0 spiro atoms. The van der Waals surface area contributed by atoms with Crippen LogP contribution in [0.2, 0.25) is 0 Å². The molecule has 0 saturated carbocycles. The average Bonchev–Trinajstić information content (AvgIpc) is 2.11. The topological polar surface area (TPSA) is 49.8 Å². The van der Waals surface area contributed by atoms with E-state index in [1.807, 2.05) is 19.0 Å². The molecule has 0 radical (unpaired) electrons. The number of aliphatic hydroxyl groups excluding tert-OH is 1. The van der Waals surface area contributed by atoms with Crippen molar-refractivity contribution < 1.29 is 14.6 Å². The number of hydrogen-bond acceptors (Lipinski definition) is 4. The van der Waals surface area contributed by atoms with E-state index in [0.717, 1.165) is 0 Å². The van der Waals surface area contributed by atoms with Crippen LogP contribution in [0.15, 0.2) is 11.3 Å². The van der Waals surface area contributed by atoms with Gasteiger partial charge >= 0.3 is 5.97 Å². The van der Waals surface area contributed by atoms with Gasteiger partial charge in [0, 0.05) is 13.0 Å². The molecule has 4 heteroatoms. The predicted molar refractivity (Wildman–Crippen MR) is 50.5 cm³/mol. The van der Waals surface area contributed by atoms with Crippen molar-refractivity contribution in [3.05, 3.63) is 11.3 Å². The van der Waals surface area contributed by atoms with Crippen LogP contribution in [0.3, 0.4) is 0 Å². The normalized spacial score (nSPS) is 12.7. The average molecular weight is 187 g/mol. The lowest BCUT2D eigenvalue weighted by molar-refractivity contribution is -0.136.